The summed E-state index contributed by atoms with van der Waals surface area (Å²) in [5.74, 6) is 1.11. The number of H-pyrrole nitrogens is 1. The Balaban J connectivity index is 1.76. The standard InChI is InChI=1S/C22H22ClN3O4/c1-4-30-18-12-14(11-16(23)21(18)29-3)9-10-20(27)26(2)13-19-24-17-8-6-5-7-15(17)22(28)25-19/h5-12H,4,13H2,1-3H3,(H,24,25,28). The summed E-state index contributed by atoms with van der Waals surface area (Å²) in [4.78, 5) is 33.3. The second-order valence-electron chi connectivity index (χ2n) is 6.52. The van der Waals surface area contributed by atoms with Gasteiger partial charge in [-0.1, -0.05) is 23.7 Å². The highest BCUT2D eigenvalue weighted by molar-refractivity contribution is 6.32. The van der Waals surface area contributed by atoms with E-state index in [1.165, 1.54) is 18.1 Å². The molecule has 2 aromatic carbocycles. The van der Waals surface area contributed by atoms with E-state index in [1.807, 2.05) is 13.0 Å². The average Bonchev–Trinajstić information content (AvgIpc) is 2.72. The van der Waals surface area contributed by atoms with Crippen LogP contribution in [0.5, 0.6) is 11.5 Å². The van der Waals surface area contributed by atoms with Crippen molar-refractivity contribution in [2.45, 2.75) is 13.5 Å². The van der Waals surface area contributed by atoms with Gasteiger partial charge in [-0.3, -0.25) is 9.59 Å². The molecule has 1 amide bonds. The zero-order valence-corrected chi connectivity index (χ0v) is 17.7. The van der Waals surface area contributed by atoms with E-state index < -0.39 is 0 Å². The van der Waals surface area contributed by atoms with Crippen LogP contribution >= 0.6 is 11.6 Å². The molecule has 0 fully saturated rings. The monoisotopic (exact) mass is 427 g/mol. The number of carbonyl (C=O) groups is 1. The molecule has 0 saturated heterocycles. The largest absolute Gasteiger partial charge is 0.491 e. The first-order valence-electron chi connectivity index (χ1n) is 9.34. The second kappa shape index (κ2) is 9.45. The summed E-state index contributed by atoms with van der Waals surface area (Å²) in [6.45, 7) is 2.48. The number of nitrogens with one attached hydrogen (secondary N) is 1. The molecular formula is C22H22ClN3O4. The van der Waals surface area contributed by atoms with Gasteiger partial charge in [0, 0.05) is 13.1 Å². The summed E-state index contributed by atoms with van der Waals surface area (Å²) >= 11 is 6.24. The average molecular weight is 428 g/mol. The third kappa shape index (κ3) is 4.80. The van der Waals surface area contributed by atoms with Crippen LogP contribution in [0.2, 0.25) is 5.02 Å². The lowest BCUT2D eigenvalue weighted by Gasteiger charge is -2.15. The number of hydrogen-bond donors (Lipinski definition) is 1. The van der Waals surface area contributed by atoms with Gasteiger partial charge in [-0.05, 0) is 42.8 Å². The molecule has 1 aromatic heterocycles. The molecule has 0 spiro atoms. The number of likely N-dealkylation sites (N-methyl/N-ethyl adjacent to an activating group) is 1. The quantitative estimate of drug-likeness (QED) is 0.582. The molecule has 3 aromatic rings. The lowest BCUT2D eigenvalue weighted by atomic mass is 10.2. The number of carbonyl (C=O) groups excluding carboxylic acids is 1. The molecule has 7 nitrogen and oxygen atoms in total. The number of fused-ring (bicyclic) bond motifs is 1. The number of aromatic nitrogens is 2. The fourth-order valence-electron chi connectivity index (χ4n) is 2.95. The first-order chi connectivity index (χ1) is 14.4. The topological polar surface area (TPSA) is 84.5 Å². The number of para-hydroxylation sites is 1. The fraction of sp³-hybridized carbons (Fsp3) is 0.227. The van der Waals surface area contributed by atoms with Crippen molar-refractivity contribution in [1.82, 2.24) is 14.9 Å². The highest BCUT2D eigenvalue weighted by Crippen LogP contribution is 2.36. The van der Waals surface area contributed by atoms with E-state index in [0.29, 0.717) is 45.4 Å². The van der Waals surface area contributed by atoms with E-state index in [1.54, 1.807) is 43.5 Å². The van der Waals surface area contributed by atoms with E-state index in [9.17, 15) is 9.59 Å². The van der Waals surface area contributed by atoms with Gasteiger partial charge < -0.3 is 19.4 Å². The number of ether oxygens (including phenoxy) is 2. The van der Waals surface area contributed by atoms with Crippen molar-refractivity contribution in [2.75, 3.05) is 20.8 Å². The minimum atomic E-state index is -0.254. The number of methoxy groups -OCH3 is 1. The molecule has 0 unspecified atom stereocenters. The van der Waals surface area contributed by atoms with Crippen molar-refractivity contribution >= 4 is 34.5 Å². The second-order valence-corrected chi connectivity index (χ2v) is 6.93. The van der Waals surface area contributed by atoms with E-state index in [4.69, 9.17) is 21.1 Å². The Labute approximate surface area is 178 Å². The Kier molecular flexibility index (Phi) is 6.74. The molecule has 0 saturated carbocycles. The molecule has 3 rings (SSSR count). The maximum atomic E-state index is 12.5. The van der Waals surface area contributed by atoms with Crippen LogP contribution in [0.3, 0.4) is 0 Å². The molecule has 0 aliphatic rings. The van der Waals surface area contributed by atoms with Crippen molar-refractivity contribution in [3.05, 3.63) is 69.2 Å². The minimum Gasteiger partial charge on any atom is -0.491 e. The third-order valence-corrected chi connectivity index (χ3v) is 4.66. The van der Waals surface area contributed by atoms with Gasteiger partial charge in [0.25, 0.3) is 5.56 Å². The van der Waals surface area contributed by atoms with Crippen molar-refractivity contribution < 1.29 is 14.3 Å². The fourth-order valence-corrected chi connectivity index (χ4v) is 3.25. The van der Waals surface area contributed by atoms with Gasteiger partial charge in [-0.2, -0.15) is 0 Å². The summed E-state index contributed by atoms with van der Waals surface area (Å²) < 4.78 is 10.8. The van der Waals surface area contributed by atoms with Crippen LogP contribution in [0.1, 0.15) is 18.3 Å². The minimum absolute atomic E-state index is 0.164. The van der Waals surface area contributed by atoms with E-state index in [-0.39, 0.29) is 18.0 Å². The molecule has 156 valence electrons. The molecule has 0 atom stereocenters. The van der Waals surface area contributed by atoms with E-state index >= 15 is 0 Å². The van der Waals surface area contributed by atoms with Crippen LogP contribution < -0.4 is 15.0 Å². The molecule has 8 heteroatoms. The number of nitrogens with zero attached hydrogens (tertiary/aromatic N) is 2. The highest BCUT2D eigenvalue weighted by atomic mass is 35.5. The maximum absolute atomic E-state index is 12.5. The Morgan fingerprint density at radius 1 is 1.30 bits per heavy atom. The summed E-state index contributed by atoms with van der Waals surface area (Å²) in [6, 6.07) is 10.5. The number of hydrogen-bond acceptors (Lipinski definition) is 5. The Bertz CT molecular complexity index is 1160. The molecule has 0 radical (unpaired) electrons. The van der Waals surface area contributed by atoms with Crippen LogP contribution in [0, 0.1) is 0 Å². The summed E-state index contributed by atoms with van der Waals surface area (Å²) in [7, 11) is 3.15. The first-order valence-corrected chi connectivity index (χ1v) is 9.72. The zero-order valence-electron chi connectivity index (χ0n) is 16.9. The van der Waals surface area contributed by atoms with E-state index in [2.05, 4.69) is 9.97 Å². The Morgan fingerprint density at radius 2 is 2.07 bits per heavy atom. The Hall–Kier alpha value is -3.32. The predicted molar refractivity (Wildman–Crippen MR) is 117 cm³/mol. The molecule has 0 aliphatic carbocycles. The molecule has 1 N–H and O–H groups in total. The maximum Gasteiger partial charge on any atom is 0.258 e. The number of halogens is 1. The summed E-state index contributed by atoms with van der Waals surface area (Å²) in [5.41, 5.74) is 1.05. The SMILES string of the molecule is CCOc1cc(C=CC(=O)N(C)Cc2nc3ccccc3c(=O)[nH]2)cc(Cl)c1OC. The number of amides is 1. The van der Waals surface area contributed by atoms with Crippen LogP contribution in [0.15, 0.2) is 47.3 Å². The molecule has 30 heavy (non-hydrogen) atoms. The van der Waals surface area contributed by atoms with Crippen molar-refractivity contribution in [2.24, 2.45) is 0 Å². The Morgan fingerprint density at radius 3 is 2.80 bits per heavy atom. The summed E-state index contributed by atoms with van der Waals surface area (Å²) in [5, 5.41) is 0.901. The van der Waals surface area contributed by atoms with Crippen molar-refractivity contribution in [3.8, 4) is 11.5 Å². The predicted octanol–water partition coefficient (Wildman–Crippen LogP) is 3.66. The summed E-state index contributed by atoms with van der Waals surface area (Å²) in [6.07, 6.45) is 3.07. The normalized spacial score (nSPS) is 11.1. The zero-order chi connectivity index (χ0) is 21.7. The van der Waals surface area contributed by atoms with E-state index in [0.717, 1.165) is 0 Å². The van der Waals surface area contributed by atoms with Crippen LogP contribution in [0.4, 0.5) is 0 Å². The van der Waals surface area contributed by atoms with Crippen molar-refractivity contribution in [3.63, 3.8) is 0 Å². The van der Waals surface area contributed by atoms with Gasteiger partial charge in [0.15, 0.2) is 11.5 Å². The molecular weight excluding hydrogens is 406 g/mol. The first kappa shape index (κ1) is 21.4. The van der Waals surface area contributed by atoms with Crippen LogP contribution in [-0.4, -0.2) is 41.5 Å². The van der Waals surface area contributed by atoms with Crippen LogP contribution in [-0.2, 0) is 11.3 Å². The molecule has 0 aliphatic heterocycles. The third-order valence-electron chi connectivity index (χ3n) is 4.38. The highest BCUT2D eigenvalue weighted by Gasteiger charge is 2.12. The number of aromatic amines is 1. The lowest BCUT2D eigenvalue weighted by molar-refractivity contribution is -0.125. The van der Waals surface area contributed by atoms with Gasteiger partial charge in [-0.15, -0.1) is 0 Å². The molecule has 0 bridgehead atoms. The van der Waals surface area contributed by atoms with Gasteiger partial charge in [-0.25, -0.2) is 4.98 Å². The van der Waals surface area contributed by atoms with Crippen molar-refractivity contribution in [1.29, 1.82) is 0 Å². The van der Waals surface area contributed by atoms with Crippen LogP contribution in [0.25, 0.3) is 17.0 Å². The van der Waals surface area contributed by atoms with Gasteiger partial charge >= 0.3 is 0 Å². The number of rotatable bonds is 7. The smallest absolute Gasteiger partial charge is 0.258 e. The lowest BCUT2D eigenvalue weighted by Crippen LogP contribution is -2.26. The molecule has 1 heterocycles. The van der Waals surface area contributed by atoms with Gasteiger partial charge in [0.2, 0.25) is 5.91 Å². The number of benzene rings is 2. The van der Waals surface area contributed by atoms with Gasteiger partial charge in [0.05, 0.1) is 36.2 Å². The van der Waals surface area contributed by atoms with Gasteiger partial charge in [0.1, 0.15) is 5.82 Å².